The predicted octanol–water partition coefficient (Wildman–Crippen LogP) is 3.24. The van der Waals surface area contributed by atoms with Crippen molar-refractivity contribution in [2.75, 3.05) is 13.2 Å². The fraction of sp³-hybridized carbons (Fsp3) is 0.316. The van der Waals surface area contributed by atoms with E-state index in [4.69, 9.17) is 23.0 Å². The van der Waals surface area contributed by atoms with E-state index < -0.39 is 5.97 Å². The molecule has 140 valence electrons. The van der Waals surface area contributed by atoms with E-state index in [1.54, 1.807) is 36.4 Å². The molecule has 0 amide bonds. The van der Waals surface area contributed by atoms with Gasteiger partial charge in [-0.15, -0.1) is 10.2 Å². The highest BCUT2D eigenvalue weighted by Crippen LogP contribution is 2.19. The van der Waals surface area contributed by atoms with Gasteiger partial charge in [0.25, 0.3) is 11.8 Å². The van der Waals surface area contributed by atoms with Crippen LogP contribution < -0.4 is 4.74 Å². The summed E-state index contributed by atoms with van der Waals surface area (Å²) in [6.45, 7) is 1.19. The van der Waals surface area contributed by atoms with E-state index in [0.717, 1.165) is 19.4 Å². The largest absolute Gasteiger partial charge is 0.491 e. The smallest absolute Gasteiger partial charge is 0.338 e. The standard InChI is InChI=1S/C19H18N2O6/c22-19(26-12-17-20-21-18(27-17)16-4-2-10-24-16)13-5-7-14(8-6-13)25-11-15-3-1-9-23-15/h2,4-8,10,15H,1,3,9,11-12H2/t15-/m1/s1. The summed E-state index contributed by atoms with van der Waals surface area (Å²) >= 11 is 0. The normalized spacial score (nSPS) is 16.4. The van der Waals surface area contributed by atoms with Crippen LogP contribution in [0.15, 0.2) is 51.5 Å². The summed E-state index contributed by atoms with van der Waals surface area (Å²) in [6, 6.07) is 10.2. The van der Waals surface area contributed by atoms with Crippen LogP contribution in [-0.4, -0.2) is 35.5 Å². The molecule has 0 N–H and O–H groups in total. The van der Waals surface area contributed by atoms with Crippen molar-refractivity contribution in [2.45, 2.75) is 25.6 Å². The highest BCUT2D eigenvalue weighted by Gasteiger charge is 2.16. The van der Waals surface area contributed by atoms with Gasteiger partial charge in [-0.3, -0.25) is 0 Å². The van der Waals surface area contributed by atoms with Crippen LogP contribution in [0.5, 0.6) is 5.75 Å². The first-order valence-electron chi connectivity index (χ1n) is 8.66. The number of rotatable bonds is 7. The Morgan fingerprint density at radius 1 is 1.19 bits per heavy atom. The maximum absolute atomic E-state index is 12.1. The highest BCUT2D eigenvalue weighted by molar-refractivity contribution is 5.89. The topological polar surface area (TPSA) is 96.8 Å². The Hall–Kier alpha value is -3.13. The van der Waals surface area contributed by atoms with Crippen LogP contribution in [0.4, 0.5) is 0 Å². The Balaban J connectivity index is 1.28. The molecule has 3 heterocycles. The van der Waals surface area contributed by atoms with Gasteiger partial charge in [0.05, 0.1) is 17.9 Å². The molecule has 0 unspecified atom stereocenters. The molecule has 1 aliphatic rings. The molecule has 1 atom stereocenters. The van der Waals surface area contributed by atoms with E-state index in [9.17, 15) is 4.79 Å². The van der Waals surface area contributed by atoms with Crippen molar-refractivity contribution >= 4 is 5.97 Å². The number of carbonyl (C=O) groups is 1. The molecule has 1 aromatic carbocycles. The molecule has 3 aromatic rings. The first-order valence-corrected chi connectivity index (χ1v) is 8.66. The molecule has 0 spiro atoms. The van der Waals surface area contributed by atoms with Crippen LogP contribution in [-0.2, 0) is 16.1 Å². The van der Waals surface area contributed by atoms with E-state index >= 15 is 0 Å². The SMILES string of the molecule is O=C(OCc1nnc(-c2ccco2)o1)c1ccc(OC[C@H]2CCCO2)cc1. The first kappa shape index (κ1) is 17.3. The second kappa shape index (κ2) is 8.05. The summed E-state index contributed by atoms with van der Waals surface area (Å²) in [5.74, 6) is 1.07. The zero-order valence-electron chi connectivity index (χ0n) is 14.5. The van der Waals surface area contributed by atoms with Gasteiger partial charge in [-0.2, -0.15) is 0 Å². The number of hydrogen-bond donors (Lipinski definition) is 0. The van der Waals surface area contributed by atoms with Crippen molar-refractivity contribution in [3.63, 3.8) is 0 Å². The number of benzene rings is 1. The molecule has 8 heteroatoms. The zero-order chi connectivity index (χ0) is 18.5. The summed E-state index contributed by atoms with van der Waals surface area (Å²) < 4.78 is 26.9. The molecule has 4 rings (SSSR count). The van der Waals surface area contributed by atoms with Crippen LogP contribution in [0.2, 0.25) is 0 Å². The van der Waals surface area contributed by atoms with E-state index in [0.29, 0.717) is 23.7 Å². The first-order chi connectivity index (χ1) is 13.3. The van der Waals surface area contributed by atoms with Crippen molar-refractivity contribution in [2.24, 2.45) is 0 Å². The van der Waals surface area contributed by atoms with Crippen molar-refractivity contribution in [1.82, 2.24) is 10.2 Å². The number of aromatic nitrogens is 2. The minimum Gasteiger partial charge on any atom is -0.491 e. The Labute approximate surface area is 155 Å². The summed E-state index contributed by atoms with van der Waals surface area (Å²) in [5, 5.41) is 7.67. The Kier molecular flexibility index (Phi) is 5.15. The number of furan rings is 1. The van der Waals surface area contributed by atoms with Gasteiger partial charge in [0, 0.05) is 6.61 Å². The van der Waals surface area contributed by atoms with Crippen LogP contribution in [0.25, 0.3) is 11.7 Å². The van der Waals surface area contributed by atoms with Gasteiger partial charge in [-0.05, 0) is 49.2 Å². The predicted molar refractivity (Wildman–Crippen MR) is 92.0 cm³/mol. The van der Waals surface area contributed by atoms with Gasteiger partial charge in [-0.25, -0.2) is 4.79 Å². The van der Waals surface area contributed by atoms with Gasteiger partial charge in [-0.1, -0.05) is 0 Å². The number of ether oxygens (including phenoxy) is 3. The van der Waals surface area contributed by atoms with Crippen molar-refractivity contribution in [3.05, 3.63) is 54.1 Å². The van der Waals surface area contributed by atoms with Crippen LogP contribution >= 0.6 is 0 Å². The second-order valence-corrected chi connectivity index (χ2v) is 6.02. The third-order valence-electron chi connectivity index (χ3n) is 4.08. The monoisotopic (exact) mass is 370 g/mol. The lowest BCUT2D eigenvalue weighted by Crippen LogP contribution is -2.16. The average Bonchev–Trinajstić information content (AvgIpc) is 3.47. The lowest BCUT2D eigenvalue weighted by Gasteiger charge is -2.11. The zero-order valence-corrected chi connectivity index (χ0v) is 14.5. The maximum Gasteiger partial charge on any atom is 0.338 e. The van der Waals surface area contributed by atoms with Crippen molar-refractivity contribution < 1.29 is 27.8 Å². The van der Waals surface area contributed by atoms with E-state index in [2.05, 4.69) is 10.2 Å². The maximum atomic E-state index is 12.1. The highest BCUT2D eigenvalue weighted by atomic mass is 16.5. The molecule has 2 aromatic heterocycles. The molecule has 1 fully saturated rings. The molecule has 8 nitrogen and oxygen atoms in total. The van der Waals surface area contributed by atoms with Gasteiger partial charge in [0.1, 0.15) is 12.4 Å². The van der Waals surface area contributed by atoms with Gasteiger partial charge < -0.3 is 23.0 Å². The minimum absolute atomic E-state index is 0.121. The summed E-state index contributed by atoms with van der Waals surface area (Å²) in [6.07, 6.45) is 3.74. The fourth-order valence-electron chi connectivity index (χ4n) is 2.67. The van der Waals surface area contributed by atoms with Gasteiger partial charge in [0.15, 0.2) is 12.4 Å². The van der Waals surface area contributed by atoms with E-state index in [1.165, 1.54) is 6.26 Å². The van der Waals surface area contributed by atoms with Crippen molar-refractivity contribution in [3.8, 4) is 17.4 Å². The minimum atomic E-state index is -0.488. The second-order valence-electron chi connectivity index (χ2n) is 6.02. The molecule has 1 aliphatic heterocycles. The molecule has 0 bridgehead atoms. The Morgan fingerprint density at radius 2 is 2.07 bits per heavy atom. The summed E-state index contributed by atoms with van der Waals surface area (Å²) in [7, 11) is 0. The molecule has 0 aliphatic carbocycles. The lowest BCUT2D eigenvalue weighted by atomic mass is 10.2. The average molecular weight is 370 g/mol. The Bertz CT molecular complexity index is 866. The lowest BCUT2D eigenvalue weighted by molar-refractivity contribution is 0.0438. The number of carbonyl (C=O) groups excluding carboxylic acids is 1. The summed E-state index contributed by atoms with van der Waals surface area (Å²) in [4.78, 5) is 12.1. The van der Waals surface area contributed by atoms with Crippen LogP contribution in [0.3, 0.4) is 0 Å². The third kappa shape index (κ3) is 4.35. The number of nitrogens with zero attached hydrogens (tertiary/aromatic N) is 2. The third-order valence-corrected chi connectivity index (χ3v) is 4.08. The van der Waals surface area contributed by atoms with Crippen LogP contribution in [0.1, 0.15) is 29.1 Å². The van der Waals surface area contributed by atoms with E-state index in [-0.39, 0.29) is 24.5 Å². The van der Waals surface area contributed by atoms with Gasteiger partial charge >= 0.3 is 5.97 Å². The Morgan fingerprint density at radius 3 is 2.81 bits per heavy atom. The molecule has 27 heavy (non-hydrogen) atoms. The van der Waals surface area contributed by atoms with Crippen molar-refractivity contribution in [1.29, 1.82) is 0 Å². The molecular weight excluding hydrogens is 352 g/mol. The molecule has 0 radical (unpaired) electrons. The quantitative estimate of drug-likeness (QED) is 0.585. The van der Waals surface area contributed by atoms with Gasteiger partial charge in [0.2, 0.25) is 0 Å². The molecular formula is C19H18N2O6. The number of hydrogen-bond acceptors (Lipinski definition) is 8. The number of esters is 1. The van der Waals surface area contributed by atoms with Crippen LogP contribution in [0, 0.1) is 0 Å². The van der Waals surface area contributed by atoms with E-state index in [1.807, 2.05) is 0 Å². The molecule has 0 saturated carbocycles. The molecule has 1 saturated heterocycles. The fourth-order valence-corrected chi connectivity index (χ4v) is 2.67. The summed E-state index contributed by atoms with van der Waals surface area (Å²) in [5.41, 5.74) is 0.408.